The van der Waals surface area contributed by atoms with Crippen LogP contribution in [0.4, 0.5) is 0 Å². The number of halogens is 1. The molecule has 2 rings (SSSR count). The molecule has 0 N–H and O–H groups in total. The van der Waals surface area contributed by atoms with E-state index >= 15 is 0 Å². The van der Waals surface area contributed by atoms with Crippen LogP contribution in [0.25, 0.3) is 10.9 Å². The van der Waals surface area contributed by atoms with Crippen molar-refractivity contribution in [3.63, 3.8) is 0 Å². The molecule has 1 aromatic heterocycles. The highest BCUT2D eigenvalue weighted by molar-refractivity contribution is 9.09. The summed E-state index contributed by atoms with van der Waals surface area (Å²) in [6.07, 6.45) is 0. The zero-order valence-electron chi connectivity index (χ0n) is 14.9. The summed E-state index contributed by atoms with van der Waals surface area (Å²) in [5, 5.41) is 5.19. The molecule has 0 fully saturated rings. The van der Waals surface area contributed by atoms with E-state index in [2.05, 4.69) is 21.0 Å². The van der Waals surface area contributed by atoms with Crippen molar-refractivity contribution in [2.24, 2.45) is 11.3 Å². The van der Waals surface area contributed by atoms with Gasteiger partial charge in [-0.25, -0.2) is 4.68 Å². The molecule has 130 valence electrons. The number of ether oxygens (including phenoxy) is 1. The number of rotatable bonds is 5. The highest BCUT2D eigenvalue weighted by Crippen LogP contribution is 2.33. The van der Waals surface area contributed by atoms with Crippen LogP contribution in [-0.4, -0.2) is 28.5 Å². The van der Waals surface area contributed by atoms with E-state index in [0.29, 0.717) is 17.0 Å². The van der Waals surface area contributed by atoms with Crippen LogP contribution >= 0.6 is 15.9 Å². The molecule has 1 aromatic carbocycles. The normalized spacial score (nSPS) is 13.3. The molecule has 0 aliphatic carbocycles. The SMILES string of the molecule is COc1ccc2c(C(=O)C(C)C)nn(C(Br)C(=O)C(C)(C)C)c2c1. The topological polar surface area (TPSA) is 61.2 Å². The maximum Gasteiger partial charge on any atom is 0.186 e. The first-order valence-corrected chi connectivity index (χ1v) is 8.78. The molecule has 0 amide bonds. The summed E-state index contributed by atoms with van der Waals surface area (Å²) in [7, 11) is 1.58. The van der Waals surface area contributed by atoms with Crippen LogP contribution < -0.4 is 4.74 Å². The summed E-state index contributed by atoms with van der Waals surface area (Å²) in [4.78, 5) is 24.5. The second-order valence-electron chi connectivity index (χ2n) is 7.15. The van der Waals surface area contributed by atoms with Crippen molar-refractivity contribution in [3.05, 3.63) is 23.9 Å². The highest BCUT2D eigenvalue weighted by atomic mass is 79.9. The fourth-order valence-electron chi connectivity index (χ4n) is 2.34. The van der Waals surface area contributed by atoms with Gasteiger partial charge in [-0.1, -0.05) is 50.5 Å². The van der Waals surface area contributed by atoms with Gasteiger partial charge in [0, 0.05) is 22.8 Å². The first kappa shape index (κ1) is 18.6. The number of Topliss-reactive ketones (excluding diaryl/α,β-unsaturated/α-hetero) is 2. The summed E-state index contributed by atoms with van der Waals surface area (Å²) in [5.41, 5.74) is 0.541. The predicted octanol–water partition coefficient (Wildman–Crippen LogP) is 4.39. The standard InChI is InChI=1S/C18H23BrN2O3/c1-10(2)15(22)14-12-8-7-11(24-6)9-13(12)21(20-14)17(19)16(23)18(3,4)5/h7-10,17H,1-6H3. The summed E-state index contributed by atoms with van der Waals surface area (Å²) in [6, 6.07) is 5.40. The van der Waals surface area contributed by atoms with Gasteiger partial charge in [-0.2, -0.15) is 5.10 Å². The van der Waals surface area contributed by atoms with Crippen LogP contribution in [0.5, 0.6) is 5.75 Å². The minimum Gasteiger partial charge on any atom is -0.497 e. The zero-order chi connectivity index (χ0) is 18.2. The Balaban J connectivity index is 2.68. The van der Waals surface area contributed by atoms with E-state index in [1.165, 1.54) is 0 Å². The van der Waals surface area contributed by atoms with E-state index < -0.39 is 10.4 Å². The minimum atomic E-state index is -0.652. The first-order valence-electron chi connectivity index (χ1n) is 7.86. The smallest absolute Gasteiger partial charge is 0.186 e. The Labute approximate surface area is 150 Å². The van der Waals surface area contributed by atoms with Gasteiger partial charge in [0.2, 0.25) is 0 Å². The third-order valence-electron chi connectivity index (χ3n) is 3.84. The number of fused-ring (bicyclic) bond motifs is 1. The van der Waals surface area contributed by atoms with E-state index in [-0.39, 0.29) is 17.5 Å². The number of nitrogens with zero attached hydrogens (tertiary/aromatic N) is 2. The van der Waals surface area contributed by atoms with Gasteiger partial charge in [0.25, 0.3) is 0 Å². The molecule has 1 unspecified atom stereocenters. The molecule has 0 radical (unpaired) electrons. The van der Waals surface area contributed by atoms with Gasteiger partial charge in [0.15, 0.2) is 16.5 Å². The van der Waals surface area contributed by atoms with Crippen molar-refractivity contribution in [2.75, 3.05) is 7.11 Å². The van der Waals surface area contributed by atoms with Crippen LogP contribution in [0.15, 0.2) is 18.2 Å². The molecular weight excluding hydrogens is 372 g/mol. The summed E-state index contributed by atoms with van der Waals surface area (Å²) < 4.78 is 6.85. The Morgan fingerprint density at radius 2 is 1.88 bits per heavy atom. The second kappa shape index (κ2) is 6.67. The van der Waals surface area contributed by atoms with Crippen LogP contribution in [0.2, 0.25) is 0 Å². The van der Waals surface area contributed by atoms with Crippen molar-refractivity contribution >= 4 is 38.4 Å². The lowest BCUT2D eigenvalue weighted by molar-refractivity contribution is -0.127. The molecule has 24 heavy (non-hydrogen) atoms. The Kier molecular flexibility index (Phi) is 5.18. The number of alkyl halides is 1. The van der Waals surface area contributed by atoms with Crippen molar-refractivity contribution in [3.8, 4) is 5.75 Å². The van der Waals surface area contributed by atoms with E-state index in [1.807, 2.05) is 40.7 Å². The van der Waals surface area contributed by atoms with Gasteiger partial charge >= 0.3 is 0 Å². The molecule has 1 atom stereocenters. The molecule has 5 nitrogen and oxygen atoms in total. The van der Waals surface area contributed by atoms with Crippen molar-refractivity contribution in [2.45, 2.75) is 39.6 Å². The van der Waals surface area contributed by atoms with Gasteiger partial charge in [0.1, 0.15) is 11.4 Å². The molecule has 1 heterocycles. The average Bonchev–Trinajstić information content (AvgIpc) is 2.90. The van der Waals surface area contributed by atoms with Gasteiger partial charge in [-0.05, 0) is 12.1 Å². The fourth-order valence-corrected chi connectivity index (χ4v) is 3.34. The summed E-state index contributed by atoms with van der Waals surface area (Å²) in [5.74, 6) is 0.408. The summed E-state index contributed by atoms with van der Waals surface area (Å²) >= 11 is 3.45. The Morgan fingerprint density at radius 1 is 1.25 bits per heavy atom. The number of benzene rings is 1. The third-order valence-corrected chi connectivity index (χ3v) is 4.65. The van der Waals surface area contributed by atoms with Crippen molar-refractivity contribution in [1.82, 2.24) is 9.78 Å². The van der Waals surface area contributed by atoms with Crippen LogP contribution in [0.1, 0.15) is 50.1 Å². The van der Waals surface area contributed by atoms with E-state index in [1.54, 1.807) is 23.9 Å². The Morgan fingerprint density at radius 3 is 2.38 bits per heavy atom. The lowest BCUT2D eigenvalue weighted by atomic mass is 9.91. The lowest BCUT2D eigenvalue weighted by Crippen LogP contribution is -2.28. The minimum absolute atomic E-state index is 0.0155. The van der Waals surface area contributed by atoms with Gasteiger partial charge in [-0.3, -0.25) is 9.59 Å². The van der Waals surface area contributed by atoms with E-state index in [4.69, 9.17) is 4.74 Å². The average molecular weight is 395 g/mol. The Bertz CT molecular complexity index is 787. The molecule has 0 spiro atoms. The van der Waals surface area contributed by atoms with Gasteiger partial charge < -0.3 is 4.74 Å². The van der Waals surface area contributed by atoms with Crippen molar-refractivity contribution < 1.29 is 14.3 Å². The highest BCUT2D eigenvalue weighted by Gasteiger charge is 2.32. The number of aromatic nitrogens is 2. The first-order chi connectivity index (χ1) is 11.1. The molecule has 0 aliphatic rings. The largest absolute Gasteiger partial charge is 0.497 e. The fraction of sp³-hybridized carbons (Fsp3) is 0.500. The van der Waals surface area contributed by atoms with Gasteiger partial charge in [-0.15, -0.1) is 0 Å². The lowest BCUT2D eigenvalue weighted by Gasteiger charge is -2.21. The molecule has 2 aromatic rings. The molecular formula is C18H23BrN2O3. The molecule has 0 bridgehead atoms. The predicted molar refractivity (Wildman–Crippen MR) is 97.9 cm³/mol. The molecule has 0 aliphatic heterocycles. The van der Waals surface area contributed by atoms with Crippen LogP contribution in [0.3, 0.4) is 0 Å². The Hall–Kier alpha value is -1.69. The number of ketones is 2. The molecule has 6 heteroatoms. The van der Waals surface area contributed by atoms with Gasteiger partial charge in [0.05, 0.1) is 12.6 Å². The monoisotopic (exact) mass is 394 g/mol. The zero-order valence-corrected chi connectivity index (χ0v) is 16.5. The number of carbonyl (C=O) groups excluding carboxylic acids is 2. The van der Waals surface area contributed by atoms with Crippen LogP contribution in [-0.2, 0) is 4.79 Å². The third kappa shape index (κ3) is 3.38. The van der Waals surface area contributed by atoms with E-state index in [0.717, 1.165) is 5.39 Å². The maximum atomic E-state index is 12.7. The number of hydrogen-bond donors (Lipinski definition) is 0. The maximum absolute atomic E-state index is 12.7. The summed E-state index contributed by atoms with van der Waals surface area (Å²) in [6.45, 7) is 9.24. The molecule has 0 saturated carbocycles. The second-order valence-corrected chi connectivity index (χ2v) is 8.01. The van der Waals surface area contributed by atoms with E-state index in [9.17, 15) is 9.59 Å². The number of hydrogen-bond acceptors (Lipinski definition) is 4. The molecule has 0 saturated heterocycles. The quantitative estimate of drug-likeness (QED) is 0.557. The number of methoxy groups -OCH3 is 1. The number of carbonyl (C=O) groups is 2. The van der Waals surface area contributed by atoms with Crippen molar-refractivity contribution in [1.29, 1.82) is 0 Å². The van der Waals surface area contributed by atoms with Crippen LogP contribution in [0, 0.1) is 11.3 Å².